The van der Waals surface area contributed by atoms with Crippen LogP contribution in [0.3, 0.4) is 0 Å². The summed E-state index contributed by atoms with van der Waals surface area (Å²) in [6, 6.07) is 36.2. The molecule has 1 aliphatic rings. The summed E-state index contributed by atoms with van der Waals surface area (Å²) in [5.41, 5.74) is 1.98. The summed E-state index contributed by atoms with van der Waals surface area (Å²) in [4.78, 5) is 28.8. The van der Waals surface area contributed by atoms with Crippen molar-refractivity contribution >= 4 is 12.0 Å². The highest BCUT2D eigenvalue weighted by Crippen LogP contribution is 2.34. The van der Waals surface area contributed by atoms with Crippen LogP contribution in [-0.2, 0) is 38.6 Å². The quantitative estimate of drug-likeness (QED) is 0.203. The molecule has 2 amide bonds. The predicted molar refractivity (Wildman–Crippen MR) is 169 cm³/mol. The molecular formula is C37H39NO7. The Morgan fingerprint density at radius 2 is 1.22 bits per heavy atom. The van der Waals surface area contributed by atoms with Crippen LogP contribution in [0.15, 0.2) is 121 Å². The molecule has 0 saturated carbocycles. The standard InChI is InChI=1S/C37H39NO7/c1-37(2)30(23-26-15-7-3-8-16-26)38(36(42)45-37)35(41)34(44-25-28-19-11-5-12-20-28)32(40)33(31(39)29-21-13-6-14-22-29)43-24-27-17-9-4-10-18-27/h3-22,30-34,39-40H,23-25H2,1-2H3/t30-,31+,32-,33-,34-/m0/s1. The average Bonchev–Trinajstić information content (AvgIpc) is 3.29. The van der Waals surface area contributed by atoms with Gasteiger partial charge in [-0.1, -0.05) is 121 Å². The van der Waals surface area contributed by atoms with Gasteiger partial charge in [-0.15, -0.1) is 0 Å². The highest BCUT2D eigenvalue weighted by molar-refractivity contribution is 5.97. The molecule has 5 atom stereocenters. The van der Waals surface area contributed by atoms with E-state index in [0.29, 0.717) is 12.0 Å². The lowest BCUT2D eigenvalue weighted by Gasteiger charge is -2.35. The normalized spacial score (nSPS) is 18.5. The number of imide groups is 1. The molecule has 0 aromatic heterocycles. The summed E-state index contributed by atoms with van der Waals surface area (Å²) in [7, 11) is 0. The first kappa shape index (κ1) is 32.1. The Hall–Kier alpha value is -4.34. The van der Waals surface area contributed by atoms with Crippen LogP contribution in [0, 0.1) is 0 Å². The first-order chi connectivity index (χ1) is 21.7. The minimum Gasteiger partial charge on any atom is -0.441 e. The van der Waals surface area contributed by atoms with Crippen molar-refractivity contribution in [3.63, 3.8) is 0 Å². The molecule has 4 aromatic rings. The molecule has 5 rings (SSSR count). The van der Waals surface area contributed by atoms with Crippen LogP contribution in [0.1, 0.15) is 42.2 Å². The molecule has 4 aromatic carbocycles. The molecule has 1 heterocycles. The summed E-state index contributed by atoms with van der Waals surface area (Å²) in [5.74, 6) is -0.775. The number of hydrogen-bond acceptors (Lipinski definition) is 7. The topological polar surface area (TPSA) is 106 Å². The third-order valence-electron chi connectivity index (χ3n) is 8.07. The zero-order chi connectivity index (χ0) is 31.8. The molecule has 2 N–H and O–H groups in total. The lowest BCUT2D eigenvalue weighted by molar-refractivity contribution is -0.175. The number of rotatable bonds is 13. The van der Waals surface area contributed by atoms with E-state index in [4.69, 9.17) is 14.2 Å². The third kappa shape index (κ3) is 7.85. The predicted octanol–water partition coefficient (Wildman–Crippen LogP) is 5.62. The largest absolute Gasteiger partial charge is 0.441 e. The van der Waals surface area contributed by atoms with E-state index in [9.17, 15) is 19.8 Å². The Bertz CT molecular complexity index is 1520. The number of hydrogen-bond donors (Lipinski definition) is 2. The number of carbonyl (C=O) groups is 2. The number of nitrogens with zero attached hydrogens (tertiary/aromatic N) is 1. The Morgan fingerprint density at radius 1 is 0.756 bits per heavy atom. The number of carbonyl (C=O) groups excluding carboxylic acids is 2. The second kappa shape index (κ2) is 14.6. The van der Waals surface area contributed by atoms with E-state index in [0.717, 1.165) is 21.6 Å². The lowest BCUT2D eigenvalue weighted by atomic mass is 9.91. The summed E-state index contributed by atoms with van der Waals surface area (Å²) in [6.45, 7) is 3.54. The molecule has 0 unspecified atom stereocenters. The highest BCUT2D eigenvalue weighted by atomic mass is 16.6. The summed E-state index contributed by atoms with van der Waals surface area (Å²) < 4.78 is 18.0. The first-order valence-corrected chi connectivity index (χ1v) is 15.1. The van der Waals surface area contributed by atoms with Crippen LogP contribution < -0.4 is 0 Å². The minimum absolute atomic E-state index is 0.0310. The fraction of sp³-hybridized carbons (Fsp3) is 0.297. The molecule has 1 saturated heterocycles. The second-order valence-electron chi connectivity index (χ2n) is 11.7. The van der Waals surface area contributed by atoms with Crippen molar-refractivity contribution in [2.24, 2.45) is 0 Å². The molecule has 45 heavy (non-hydrogen) atoms. The maximum absolute atomic E-state index is 14.4. The number of cyclic esters (lactones) is 1. The first-order valence-electron chi connectivity index (χ1n) is 15.1. The van der Waals surface area contributed by atoms with Gasteiger partial charge in [0.1, 0.15) is 23.9 Å². The maximum Gasteiger partial charge on any atom is 0.417 e. The second-order valence-corrected chi connectivity index (χ2v) is 11.7. The summed E-state index contributed by atoms with van der Waals surface area (Å²) in [6.07, 6.45) is -6.35. The molecule has 8 heteroatoms. The van der Waals surface area contributed by atoms with Gasteiger partial charge in [0.25, 0.3) is 5.91 Å². The molecule has 0 bridgehead atoms. The average molecular weight is 610 g/mol. The van der Waals surface area contributed by atoms with Crippen molar-refractivity contribution < 1.29 is 34.0 Å². The van der Waals surface area contributed by atoms with Crippen molar-refractivity contribution in [1.29, 1.82) is 0 Å². The Labute approximate surface area is 263 Å². The third-order valence-corrected chi connectivity index (χ3v) is 8.07. The van der Waals surface area contributed by atoms with E-state index < -0.39 is 48.1 Å². The van der Waals surface area contributed by atoms with Crippen LogP contribution in [0.5, 0.6) is 0 Å². The van der Waals surface area contributed by atoms with E-state index in [1.807, 2.05) is 97.1 Å². The van der Waals surface area contributed by atoms with Gasteiger partial charge in [-0.2, -0.15) is 0 Å². The number of benzene rings is 4. The molecule has 0 spiro atoms. The lowest BCUT2D eigenvalue weighted by Crippen LogP contribution is -2.56. The number of ether oxygens (including phenoxy) is 3. The van der Waals surface area contributed by atoms with Crippen LogP contribution in [0.25, 0.3) is 0 Å². The van der Waals surface area contributed by atoms with Crippen LogP contribution in [0.4, 0.5) is 4.79 Å². The zero-order valence-corrected chi connectivity index (χ0v) is 25.4. The molecule has 1 fully saturated rings. The number of aliphatic hydroxyl groups is 2. The Kier molecular flexibility index (Phi) is 10.4. The van der Waals surface area contributed by atoms with Gasteiger partial charge < -0.3 is 24.4 Å². The monoisotopic (exact) mass is 609 g/mol. The minimum atomic E-state index is -1.67. The molecule has 8 nitrogen and oxygen atoms in total. The van der Waals surface area contributed by atoms with Gasteiger partial charge in [0.05, 0.1) is 19.3 Å². The molecule has 0 aliphatic carbocycles. The van der Waals surface area contributed by atoms with Gasteiger partial charge in [0.15, 0.2) is 6.10 Å². The van der Waals surface area contributed by atoms with Crippen molar-refractivity contribution in [2.45, 2.75) is 69.5 Å². The van der Waals surface area contributed by atoms with Gasteiger partial charge in [-0.3, -0.25) is 4.79 Å². The summed E-state index contributed by atoms with van der Waals surface area (Å²) >= 11 is 0. The van der Waals surface area contributed by atoms with Crippen molar-refractivity contribution in [3.8, 4) is 0 Å². The van der Waals surface area contributed by atoms with Crippen LogP contribution >= 0.6 is 0 Å². The number of amides is 2. The van der Waals surface area contributed by atoms with Gasteiger partial charge >= 0.3 is 6.09 Å². The zero-order valence-electron chi connectivity index (χ0n) is 25.4. The van der Waals surface area contributed by atoms with E-state index >= 15 is 0 Å². The van der Waals surface area contributed by atoms with Gasteiger partial charge in [-0.25, -0.2) is 9.69 Å². The molecule has 0 radical (unpaired) electrons. The van der Waals surface area contributed by atoms with Crippen LogP contribution in [-0.4, -0.2) is 57.1 Å². The molecular weight excluding hydrogens is 570 g/mol. The van der Waals surface area contributed by atoms with Crippen LogP contribution in [0.2, 0.25) is 0 Å². The summed E-state index contributed by atoms with van der Waals surface area (Å²) in [5, 5.41) is 23.5. The van der Waals surface area contributed by atoms with E-state index in [-0.39, 0.29) is 13.2 Å². The highest BCUT2D eigenvalue weighted by Gasteiger charge is 2.53. The van der Waals surface area contributed by atoms with E-state index in [2.05, 4.69) is 0 Å². The van der Waals surface area contributed by atoms with E-state index in [1.54, 1.807) is 38.1 Å². The molecule has 1 aliphatic heterocycles. The SMILES string of the molecule is CC1(C)OC(=O)N(C(=O)[C@@H](OCc2ccccc2)[C@@H](O)[C@@H](OCc2ccccc2)[C@H](O)c2ccccc2)[C@H]1Cc1ccccc1. The van der Waals surface area contributed by atoms with Crippen molar-refractivity contribution in [2.75, 3.05) is 0 Å². The number of aliphatic hydroxyl groups excluding tert-OH is 2. The van der Waals surface area contributed by atoms with E-state index in [1.165, 1.54) is 0 Å². The van der Waals surface area contributed by atoms with Crippen molar-refractivity contribution in [3.05, 3.63) is 144 Å². The van der Waals surface area contributed by atoms with Crippen molar-refractivity contribution in [1.82, 2.24) is 4.90 Å². The van der Waals surface area contributed by atoms with Gasteiger partial charge in [0, 0.05) is 0 Å². The maximum atomic E-state index is 14.4. The Balaban J connectivity index is 1.49. The fourth-order valence-electron chi connectivity index (χ4n) is 5.57. The van der Waals surface area contributed by atoms with Gasteiger partial charge in [-0.05, 0) is 42.5 Å². The fourth-order valence-corrected chi connectivity index (χ4v) is 5.57. The molecule has 234 valence electrons. The van der Waals surface area contributed by atoms with Gasteiger partial charge in [0.2, 0.25) is 0 Å². The Morgan fingerprint density at radius 3 is 1.76 bits per heavy atom. The smallest absolute Gasteiger partial charge is 0.417 e.